The maximum Gasteiger partial charge on any atom is 0.343 e. The molecule has 0 saturated carbocycles. The summed E-state index contributed by atoms with van der Waals surface area (Å²) in [6.45, 7) is 11.9. The molecular weight excluding hydrogens is 344 g/mol. The molecule has 0 bridgehead atoms. The zero-order chi connectivity index (χ0) is 20.6. The Morgan fingerprint density at radius 3 is 1.59 bits per heavy atom. The molecule has 0 amide bonds. The first-order valence-electron chi connectivity index (χ1n) is 8.74. The van der Waals surface area contributed by atoms with Crippen LogP contribution in [0.25, 0.3) is 0 Å². The van der Waals surface area contributed by atoms with Gasteiger partial charge in [-0.2, -0.15) is 0 Å². The standard InChI is InChI=1S/C22H26O5/c1-21(2,3)16-11-15(12-17(18(16)23)22(4,5)6)27-20(26)14-9-7-13(8-10-14)19(24)25/h7-12,23H,1-6H3,(H,24,25). The number of carboxylic acid groups (broad SMARTS) is 1. The first-order chi connectivity index (χ1) is 12.3. The molecule has 5 nitrogen and oxygen atoms in total. The van der Waals surface area contributed by atoms with E-state index in [9.17, 15) is 14.7 Å². The summed E-state index contributed by atoms with van der Waals surface area (Å²) in [4.78, 5) is 23.4. The molecule has 0 aliphatic rings. The zero-order valence-corrected chi connectivity index (χ0v) is 16.6. The Balaban J connectivity index is 2.43. The van der Waals surface area contributed by atoms with E-state index in [0.717, 1.165) is 0 Å². The summed E-state index contributed by atoms with van der Waals surface area (Å²) in [5, 5.41) is 19.7. The van der Waals surface area contributed by atoms with Gasteiger partial charge in [0.1, 0.15) is 11.5 Å². The third-order valence-corrected chi connectivity index (χ3v) is 4.28. The minimum atomic E-state index is -1.06. The van der Waals surface area contributed by atoms with Crippen molar-refractivity contribution in [3.05, 3.63) is 58.7 Å². The highest BCUT2D eigenvalue weighted by Crippen LogP contribution is 2.41. The molecule has 0 aliphatic carbocycles. The third-order valence-electron chi connectivity index (χ3n) is 4.28. The fourth-order valence-electron chi connectivity index (χ4n) is 2.73. The Morgan fingerprint density at radius 2 is 1.22 bits per heavy atom. The van der Waals surface area contributed by atoms with Gasteiger partial charge < -0.3 is 14.9 Å². The lowest BCUT2D eigenvalue weighted by Crippen LogP contribution is -2.18. The molecule has 27 heavy (non-hydrogen) atoms. The molecule has 0 spiro atoms. The summed E-state index contributed by atoms with van der Waals surface area (Å²) in [5.41, 5.74) is 1.06. The summed E-state index contributed by atoms with van der Waals surface area (Å²) in [5.74, 6) is -1.09. The van der Waals surface area contributed by atoms with Gasteiger partial charge >= 0.3 is 11.9 Å². The average molecular weight is 370 g/mol. The number of hydrogen-bond acceptors (Lipinski definition) is 4. The molecule has 0 aliphatic heterocycles. The van der Waals surface area contributed by atoms with Crippen molar-refractivity contribution in [2.45, 2.75) is 52.4 Å². The number of benzene rings is 2. The summed E-state index contributed by atoms with van der Waals surface area (Å²) in [6.07, 6.45) is 0. The molecule has 2 aromatic rings. The van der Waals surface area contributed by atoms with Crippen LogP contribution < -0.4 is 4.74 Å². The quantitative estimate of drug-likeness (QED) is 0.593. The number of rotatable bonds is 3. The first kappa shape index (κ1) is 20.5. The van der Waals surface area contributed by atoms with Crippen molar-refractivity contribution in [1.82, 2.24) is 0 Å². The van der Waals surface area contributed by atoms with Crippen molar-refractivity contribution in [2.75, 3.05) is 0 Å². The van der Waals surface area contributed by atoms with Crippen LogP contribution in [0.4, 0.5) is 0 Å². The van der Waals surface area contributed by atoms with Gasteiger partial charge in [0.2, 0.25) is 0 Å². The van der Waals surface area contributed by atoms with Crippen molar-refractivity contribution in [3.8, 4) is 11.5 Å². The Kier molecular flexibility index (Phi) is 5.36. The van der Waals surface area contributed by atoms with Crippen LogP contribution in [-0.2, 0) is 10.8 Å². The number of ether oxygens (including phenoxy) is 1. The van der Waals surface area contributed by atoms with Gasteiger partial charge in [0.25, 0.3) is 0 Å². The highest BCUT2D eigenvalue weighted by molar-refractivity contribution is 5.93. The molecule has 0 fully saturated rings. The molecule has 0 unspecified atom stereocenters. The largest absolute Gasteiger partial charge is 0.507 e. The second-order valence-corrected chi connectivity index (χ2v) is 8.64. The predicted octanol–water partition coefficient (Wildman–Crippen LogP) is 4.90. The maximum atomic E-state index is 12.5. The van der Waals surface area contributed by atoms with Crippen molar-refractivity contribution in [2.24, 2.45) is 0 Å². The lowest BCUT2D eigenvalue weighted by atomic mass is 9.79. The number of aromatic carboxylic acids is 1. The van der Waals surface area contributed by atoms with Crippen LogP contribution in [0, 0.1) is 0 Å². The lowest BCUT2D eigenvalue weighted by Gasteiger charge is -2.27. The van der Waals surface area contributed by atoms with E-state index in [2.05, 4.69) is 0 Å². The number of carbonyl (C=O) groups is 2. The topological polar surface area (TPSA) is 83.8 Å². The number of phenols is 1. The molecule has 144 valence electrons. The highest BCUT2D eigenvalue weighted by atomic mass is 16.5. The molecule has 0 atom stereocenters. The van der Waals surface area contributed by atoms with Gasteiger partial charge in [-0.05, 0) is 47.2 Å². The third kappa shape index (κ3) is 4.67. The Bertz CT molecular complexity index is 830. The van der Waals surface area contributed by atoms with E-state index in [1.54, 1.807) is 12.1 Å². The van der Waals surface area contributed by atoms with Gasteiger partial charge in [-0.15, -0.1) is 0 Å². The molecule has 5 heteroatoms. The van der Waals surface area contributed by atoms with Crippen LogP contribution in [0.1, 0.15) is 73.4 Å². The zero-order valence-electron chi connectivity index (χ0n) is 16.6. The molecule has 2 aromatic carbocycles. The van der Waals surface area contributed by atoms with Gasteiger partial charge in [0, 0.05) is 11.1 Å². The van der Waals surface area contributed by atoms with E-state index in [4.69, 9.17) is 9.84 Å². The summed E-state index contributed by atoms with van der Waals surface area (Å²) in [7, 11) is 0. The Morgan fingerprint density at radius 1 is 0.815 bits per heavy atom. The number of esters is 1. The molecule has 0 aromatic heterocycles. The minimum Gasteiger partial charge on any atom is -0.507 e. The molecule has 2 rings (SSSR count). The molecule has 0 radical (unpaired) electrons. The van der Waals surface area contributed by atoms with E-state index >= 15 is 0 Å². The van der Waals surface area contributed by atoms with Crippen LogP contribution in [0.5, 0.6) is 11.5 Å². The summed E-state index contributed by atoms with van der Waals surface area (Å²) >= 11 is 0. The monoisotopic (exact) mass is 370 g/mol. The van der Waals surface area contributed by atoms with Crippen molar-refractivity contribution in [3.63, 3.8) is 0 Å². The number of hydrogen-bond donors (Lipinski definition) is 2. The van der Waals surface area contributed by atoms with Gasteiger partial charge in [-0.3, -0.25) is 0 Å². The minimum absolute atomic E-state index is 0.0984. The van der Waals surface area contributed by atoms with E-state index in [1.807, 2.05) is 41.5 Å². The lowest BCUT2D eigenvalue weighted by molar-refractivity contribution is 0.0691. The number of aromatic hydroxyl groups is 1. The predicted molar refractivity (Wildman–Crippen MR) is 104 cm³/mol. The van der Waals surface area contributed by atoms with Gasteiger partial charge in [0.15, 0.2) is 0 Å². The second-order valence-electron chi connectivity index (χ2n) is 8.64. The molecule has 0 saturated heterocycles. The fourth-order valence-corrected chi connectivity index (χ4v) is 2.73. The van der Waals surface area contributed by atoms with Crippen LogP contribution in [0.3, 0.4) is 0 Å². The Labute approximate surface area is 159 Å². The van der Waals surface area contributed by atoms with Gasteiger partial charge in [-0.1, -0.05) is 41.5 Å². The van der Waals surface area contributed by atoms with E-state index < -0.39 is 11.9 Å². The maximum absolute atomic E-state index is 12.5. The van der Waals surface area contributed by atoms with Crippen molar-refractivity contribution in [1.29, 1.82) is 0 Å². The van der Waals surface area contributed by atoms with E-state index in [1.165, 1.54) is 24.3 Å². The van der Waals surface area contributed by atoms with Crippen molar-refractivity contribution < 1.29 is 24.5 Å². The number of carbonyl (C=O) groups excluding carboxylic acids is 1. The smallest absolute Gasteiger partial charge is 0.343 e. The molecular formula is C22H26O5. The van der Waals surface area contributed by atoms with E-state index in [0.29, 0.717) is 16.9 Å². The first-order valence-corrected chi connectivity index (χ1v) is 8.74. The molecule has 0 heterocycles. The van der Waals surface area contributed by atoms with Crippen LogP contribution in [-0.4, -0.2) is 22.2 Å². The average Bonchev–Trinajstić information content (AvgIpc) is 2.54. The van der Waals surface area contributed by atoms with Crippen LogP contribution >= 0.6 is 0 Å². The summed E-state index contributed by atoms with van der Waals surface area (Å²) < 4.78 is 5.53. The summed E-state index contributed by atoms with van der Waals surface area (Å²) in [6, 6.07) is 8.90. The SMILES string of the molecule is CC(C)(C)c1cc(OC(=O)c2ccc(C(=O)O)cc2)cc(C(C)(C)C)c1O. The van der Waals surface area contributed by atoms with Gasteiger partial charge in [0.05, 0.1) is 11.1 Å². The van der Waals surface area contributed by atoms with E-state index in [-0.39, 0.29) is 27.7 Å². The van der Waals surface area contributed by atoms with Crippen LogP contribution in [0.2, 0.25) is 0 Å². The number of carboxylic acids is 1. The van der Waals surface area contributed by atoms with Gasteiger partial charge in [-0.25, -0.2) is 9.59 Å². The van der Waals surface area contributed by atoms with Crippen LogP contribution in [0.15, 0.2) is 36.4 Å². The molecule has 2 N–H and O–H groups in total. The Hall–Kier alpha value is -2.82. The fraction of sp³-hybridized carbons (Fsp3) is 0.364. The highest BCUT2D eigenvalue weighted by Gasteiger charge is 2.27. The van der Waals surface area contributed by atoms with Crippen molar-refractivity contribution >= 4 is 11.9 Å². The second kappa shape index (κ2) is 7.06. The number of phenolic OH excluding ortho intramolecular Hbond substituents is 1. The normalized spacial score (nSPS) is 11.9.